The van der Waals surface area contributed by atoms with Crippen LogP contribution in [0.2, 0.25) is 0 Å². The molecule has 2 fully saturated rings. The molecule has 10 nitrogen and oxygen atoms in total. The van der Waals surface area contributed by atoms with E-state index in [1.165, 1.54) is 15.3 Å². The van der Waals surface area contributed by atoms with E-state index in [0.717, 1.165) is 17.7 Å². The summed E-state index contributed by atoms with van der Waals surface area (Å²) >= 11 is 0. The Labute approximate surface area is 216 Å². The second kappa shape index (κ2) is 10.0. The second-order valence-electron chi connectivity index (χ2n) is 9.03. The van der Waals surface area contributed by atoms with Gasteiger partial charge in [0.05, 0.1) is 17.0 Å². The predicted octanol–water partition coefficient (Wildman–Crippen LogP) is 3.40. The number of carbonyl (C=O) groups is 1. The predicted molar refractivity (Wildman–Crippen MR) is 129 cm³/mol. The Morgan fingerprint density at radius 2 is 1.76 bits per heavy atom. The molecule has 1 atom stereocenters. The van der Waals surface area contributed by atoms with E-state index in [2.05, 4.69) is 10.1 Å². The van der Waals surface area contributed by atoms with Gasteiger partial charge in [0.2, 0.25) is 21.7 Å². The number of ether oxygens (including phenoxy) is 1. The van der Waals surface area contributed by atoms with Crippen molar-refractivity contribution in [2.45, 2.75) is 24.1 Å². The van der Waals surface area contributed by atoms with Crippen molar-refractivity contribution in [3.63, 3.8) is 0 Å². The molecular weight excluding hydrogens is 527 g/mol. The second-order valence-corrected chi connectivity index (χ2v) is 11.0. The van der Waals surface area contributed by atoms with Gasteiger partial charge in [-0.25, -0.2) is 13.2 Å². The summed E-state index contributed by atoms with van der Waals surface area (Å²) in [6.45, 7) is 3.35. The van der Waals surface area contributed by atoms with Gasteiger partial charge in [0.1, 0.15) is 6.10 Å². The fraction of sp³-hybridized carbons (Fsp3) is 0.375. The third-order valence-electron chi connectivity index (χ3n) is 6.43. The van der Waals surface area contributed by atoms with E-state index in [1.54, 1.807) is 31.2 Å². The number of halogens is 3. The van der Waals surface area contributed by atoms with E-state index in [9.17, 15) is 26.4 Å². The number of anilines is 1. The van der Waals surface area contributed by atoms with Crippen LogP contribution < -0.4 is 4.90 Å². The number of piperazine rings is 1. The van der Waals surface area contributed by atoms with Crippen LogP contribution in [0.3, 0.4) is 0 Å². The van der Waals surface area contributed by atoms with Crippen LogP contribution in [0.25, 0.3) is 11.4 Å². The normalized spacial score (nSPS) is 19.6. The monoisotopic (exact) mass is 551 g/mol. The Bertz CT molecular complexity index is 1420. The van der Waals surface area contributed by atoms with Crippen LogP contribution in [-0.2, 0) is 20.9 Å². The molecule has 3 heterocycles. The van der Waals surface area contributed by atoms with Crippen LogP contribution in [0.4, 0.5) is 23.7 Å². The van der Waals surface area contributed by atoms with Gasteiger partial charge in [-0.2, -0.15) is 22.5 Å². The summed E-state index contributed by atoms with van der Waals surface area (Å²) in [7, 11) is -4.07. The van der Waals surface area contributed by atoms with Gasteiger partial charge in [-0.1, -0.05) is 11.2 Å². The lowest BCUT2D eigenvalue weighted by Crippen LogP contribution is -2.50. The highest BCUT2D eigenvalue weighted by Gasteiger charge is 2.36. The highest BCUT2D eigenvalue weighted by Crippen LogP contribution is 2.31. The molecule has 2 aliphatic rings. The first-order valence-corrected chi connectivity index (χ1v) is 13.2. The molecule has 5 rings (SSSR count). The number of hydrogen-bond donors (Lipinski definition) is 0. The third-order valence-corrected chi connectivity index (χ3v) is 8.33. The molecule has 1 unspecified atom stereocenters. The highest BCUT2D eigenvalue weighted by molar-refractivity contribution is 7.89. The van der Waals surface area contributed by atoms with Gasteiger partial charge in [-0.3, -0.25) is 9.80 Å². The maximum absolute atomic E-state index is 13.0. The quantitative estimate of drug-likeness (QED) is 0.459. The van der Waals surface area contributed by atoms with Gasteiger partial charge < -0.3 is 9.26 Å². The van der Waals surface area contributed by atoms with Crippen molar-refractivity contribution in [1.82, 2.24) is 19.3 Å². The van der Waals surface area contributed by atoms with Crippen molar-refractivity contribution < 1.29 is 35.6 Å². The van der Waals surface area contributed by atoms with Gasteiger partial charge in [-0.05, 0) is 42.5 Å². The summed E-state index contributed by atoms with van der Waals surface area (Å²) in [5, 5.41) is 3.87. The number of rotatable bonds is 6. The fourth-order valence-electron chi connectivity index (χ4n) is 4.46. The van der Waals surface area contributed by atoms with E-state index in [4.69, 9.17) is 9.26 Å². The zero-order valence-electron chi connectivity index (χ0n) is 20.3. The zero-order valence-corrected chi connectivity index (χ0v) is 21.1. The average Bonchev–Trinajstić information content (AvgIpc) is 3.49. The molecule has 14 heteroatoms. The summed E-state index contributed by atoms with van der Waals surface area (Å²) in [6.07, 6.45) is -5.54. The molecule has 0 aliphatic carbocycles. The minimum atomic E-state index is -4.63. The van der Waals surface area contributed by atoms with Gasteiger partial charge >= 0.3 is 12.3 Å². The lowest BCUT2D eigenvalue weighted by atomic mass is 10.2. The number of carbonyl (C=O) groups excluding carboxylic acids is 1. The lowest BCUT2D eigenvalue weighted by molar-refractivity contribution is -0.137. The van der Waals surface area contributed by atoms with Gasteiger partial charge in [-0.15, -0.1) is 0 Å². The number of sulfonamides is 1. The number of aromatic nitrogens is 2. The lowest BCUT2D eigenvalue weighted by Gasteiger charge is -2.34. The Kier molecular flexibility index (Phi) is 6.88. The van der Waals surface area contributed by atoms with E-state index in [0.29, 0.717) is 49.6 Å². The number of amides is 1. The molecule has 3 aromatic rings. The van der Waals surface area contributed by atoms with Crippen LogP contribution in [-0.4, -0.2) is 79.2 Å². The maximum atomic E-state index is 13.0. The van der Waals surface area contributed by atoms with Crippen LogP contribution >= 0.6 is 0 Å². The van der Waals surface area contributed by atoms with Crippen molar-refractivity contribution in [3.05, 3.63) is 60.0 Å². The topological polar surface area (TPSA) is 109 Å². The Balaban J connectivity index is 1.17. The summed E-state index contributed by atoms with van der Waals surface area (Å²) in [5.41, 5.74) is 0.385. The minimum absolute atomic E-state index is 0.111. The van der Waals surface area contributed by atoms with Gasteiger partial charge in [0, 0.05) is 50.9 Å². The van der Waals surface area contributed by atoms with Crippen molar-refractivity contribution in [1.29, 1.82) is 0 Å². The summed E-state index contributed by atoms with van der Waals surface area (Å²) in [5.74, 6) is 0.897. The summed E-state index contributed by atoms with van der Waals surface area (Å²) in [6, 6.07) is 10.8. The molecule has 0 radical (unpaired) electrons. The van der Waals surface area contributed by atoms with Crippen LogP contribution in [0.5, 0.6) is 0 Å². The first-order valence-electron chi connectivity index (χ1n) is 11.8. The first kappa shape index (κ1) is 26.1. The molecular formula is C24H24F3N5O5S. The molecule has 38 heavy (non-hydrogen) atoms. The number of benzene rings is 2. The van der Waals surface area contributed by atoms with Crippen molar-refractivity contribution in [3.8, 4) is 11.4 Å². The summed E-state index contributed by atoms with van der Waals surface area (Å²) < 4.78 is 76.6. The average molecular weight is 552 g/mol. The molecule has 0 bridgehead atoms. The number of hydrogen-bond acceptors (Lipinski definition) is 8. The molecule has 2 saturated heterocycles. The molecule has 2 aromatic carbocycles. The largest absolute Gasteiger partial charge is 0.443 e. The van der Waals surface area contributed by atoms with Crippen LogP contribution in [0.1, 0.15) is 11.5 Å². The molecule has 0 N–H and O–H groups in total. The van der Waals surface area contributed by atoms with E-state index in [-0.39, 0.29) is 18.0 Å². The Morgan fingerprint density at radius 1 is 1.05 bits per heavy atom. The van der Waals surface area contributed by atoms with E-state index < -0.39 is 34.0 Å². The maximum Gasteiger partial charge on any atom is 0.416 e. The SMILES string of the molecule is Cc1nc(-c2ccc(N3CC(CN4CCN(S(=O)(=O)c5cccc(C(F)(F)F)c5)CC4)OC3=O)cc2)no1. The number of cyclic esters (lactones) is 1. The number of aryl methyl sites for hydroxylation is 1. The zero-order chi connectivity index (χ0) is 27.1. The molecule has 0 saturated carbocycles. The Hall–Kier alpha value is -3.49. The molecule has 202 valence electrons. The highest BCUT2D eigenvalue weighted by atomic mass is 32.2. The Morgan fingerprint density at radius 3 is 2.39 bits per heavy atom. The first-order chi connectivity index (χ1) is 18.0. The number of alkyl halides is 3. The number of nitrogens with zero attached hydrogens (tertiary/aromatic N) is 5. The fourth-order valence-corrected chi connectivity index (χ4v) is 5.93. The van der Waals surface area contributed by atoms with Crippen LogP contribution in [0, 0.1) is 6.92 Å². The van der Waals surface area contributed by atoms with E-state index >= 15 is 0 Å². The molecule has 1 amide bonds. The van der Waals surface area contributed by atoms with Crippen molar-refractivity contribution in [2.24, 2.45) is 0 Å². The van der Waals surface area contributed by atoms with Crippen molar-refractivity contribution >= 4 is 21.8 Å². The van der Waals surface area contributed by atoms with E-state index in [1.807, 2.05) is 4.90 Å². The third kappa shape index (κ3) is 5.37. The van der Waals surface area contributed by atoms with Gasteiger partial charge in [0.25, 0.3) is 0 Å². The molecule has 2 aliphatic heterocycles. The van der Waals surface area contributed by atoms with Crippen molar-refractivity contribution in [2.75, 3.05) is 44.2 Å². The molecule has 0 spiro atoms. The minimum Gasteiger partial charge on any atom is -0.443 e. The summed E-state index contributed by atoms with van der Waals surface area (Å²) in [4.78, 5) is 19.8. The standard InChI is InChI=1S/C24H24F3N5O5S/c1-16-28-22(29-37-16)17-5-7-19(8-6-17)32-15-20(36-23(32)33)14-30-9-11-31(12-10-30)38(34,35)21-4-2-3-18(13-21)24(25,26)27/h2-8,13,20H,9-12,14-15H2,1H3. The smallest absolute Gasteiger partial charge is 0.416 e. The van der Waals surface area contributed by atoms with Crippen LogP contribution in [0.15, 0.2) is 57.9 Å². The molecule has 1 aromatic heterocycles. The van der Waals surface area contributed by atoms with Gasteiger partial charge in [0.15, 0.2) is 0 Å².